The van der Waals surface area contributed by atoms with Crippen molar-refractivity contribution < 1.29 is 14.3 Å². The molecule has 134 valence electrons. The van der Waals surface area contributed by atoms with E-state index >= 15 is 0 Å². The quantitative estimate of drug-likeness (QED) is 0.755. The molecule has 0 aromatic heterocycles. The third-order valence-corrected chi connectivity index (χ3v) is 4.14. The highest BCUT2D eigenvalue weighted by molar-refractivity contribution is 5.87. The Labute approximate surface area is 145 Å². The van der Waals surface area contributed by atoms with Crippen molar-refractivity contribution in [2.24, 2.45) is 0 Å². The second-order valence-corrected chi connectivity index (χ2v) is 6.11. The zero-order valence-corrected chi connectivity index (χ0v) is 15.5. The number of nitrogens with one attached hydrogen (secondary N) is 1. The number of benzene rings is 1. The summed E-state index contributed by atoms with van der Waals surface area (Å²) in [6.07, 6.45) is 2.06. The minimum absolute atomic E-state index is 0.000111. The number of methoxy groups -OCH3 is 1. The Morgan fingerprint density at radius 2 is 1.79 bits per heavy atom. The second-order valence-electron chi connectivity index (χ2n) is 6.11. The molecule has 0 unspecified atom stereocenters. The monoisotopic (exact) mass is 334 g/mol. The van der Waals surface area contributed by atoms with Gasteiger partial charge in [-0.05, 0) is 44.4 Å². The van der Waals surface area contributed by atoms with Gasteiger partial charge in [0.1, 0.15) is 11.8 Å². The summed E-state index contributed by atoms with van der Waals surface area (Å²) in [4.78, 5) is 26.6. The number of hydrogen-bond donors (Lipinski definition) is 1. The molecule has 0 spiro atoms. The standard InChI is InChI=1S/C19H30N2O3/c1-6-8-18(22)21(15(4)19(23)20-14(3)7-2)13-16-9-11-17(24-5)12-10-16/h9-12,14-15H,6-8,13H2,1-5H3,(H,20,23)/t14-,15+/m0/s1. The molecule has 5 heteroatoms. The lowest BCUT2D eigenvalue weighted by atomic mass is 10.1. The maximum atomic E-state index is 12.5. The first-order valence-corrected chi connectivity index (χ1v) is 8.65. The van der Waals surface area contributed by atoms with Gasteiger partial charge in [-0.1, -0.05) is 26.0 Å². The Morgan fingerprint density at radius 3 is 2.29 bits per heavy atom. The van der Waals surface area contributed by atoms with Gasteiger partial charge < -0.3 is 15.0 Å². The van der Waals surface area contributed by atoms with E-state index in [4.69, 9.17) is 4.74 Å². The van der Waals surface area contributed by atoms with Gasteiger partial charge in [-0.15, -0.1) is 0 Å². The molecule has 2 amide bonds. The van der Waals surface area contributed by atoms with E-state index in [0.29, 0.717) is 13.0 Å². The van der Waals surface area contributed by atoms with Crippen LogP contribution in [0.2, 0.25) is 0 Å². The van der Waals surface area contributed by atoms with Crippen LogP contribution in [0.25, 0.3) is 0 Å². The SMILES string of the molecule is CCCC(=O)N(Cc1ccc(OC)cc1)[C@H](C)C(=O)N[C@@H](C)CC. The molecule has 0 aliphatic rings. The lowest BCUT2D eigenvalue weighted by molar-refractivity contribution is -0.140. The number of amides is 2. The number of nitrogens with zero attached hydrogens (tertiary/aromatic N) is 1. The summed E-state index contributed by atoms with van der Waals surface area (Å²) in [6.45, 7) is 8.15. The van der Waals surface area contributed by atoms with Crippen LogP contribution < -0.4 is 10.1 Å². The number of hydrogen-bond acceptors (Lipinski definition) is 3. The molecule has 1 aromatic carbocycles. The first kappa shape index (κ1) is 20.0. The van der Waals surface area contributed by atoms with Crippen LogP contribution >= 0.6 is 0 Å². The van der Waals surface area contributed by atoms with Gasteiger partial charge in [0.15, 0.2) is 0 Å². The fraction of sp³-hybridized carbons (Fsp3) is 0.579. The molecule has 2 atom stereocenters. The van der Waals surface area contributed by atoms with E-state index in [1.165, 1.54) is 0 Å². The molecule has 24 heavy (non-hydrogen) atoms. The molecule has 0 aliphatic heterocycles. The summed E-state index contributed by atoms with van der Waals surface area (Å²) >= 11 is 0. The lowest BCUT2D eigenvalue weighted by Crippen LogP contribution is -2.49. The minimum Gasteiger partial charge on any atom is -0.497 e. The van der Waals surface area contributed by atoms with Gasteiger partial charge in [-0.2, -0.15) is 0 Å². The van der Waals surface area contributed by atoms with E-state index in [0.717, 1.165) is 24.2 Å². The Hall–Kier alpha value is -2.04. The van der Waals surface area contributed by atoms with Gasteiger partial charge in [0.05, 0.1) is 7.11 Å². The molecule has 1 aromatic rings. The van der Waals surface area contributed by atoms with Gasteiger partial charge in [0.2, 0.25) is 11.8 Å². The van der Waals surface area contributed by atoms with Crippen LogP contribution in [-0.4, -0.2) is 35.9 Å². The highest BCUT2D eigenvalue weighted by atomic mass is 16.5. The van der Waals surface area contributed by atoms with Crippen molar-refractivity contribution in [1.29, 1.82) is 0 Å². The third-order valence-electron chi connectivity index (χ3n) is 4.14. The summed E-state index contributed by atoms with van der Waals surface area (Å²) in [5.41, 5.74) is 0.975. The van der Waals surface area contributed by atoms with E-state index in [-0.39, 0.29) is 17.9 Å². The third kappa shape index (κ3) is 5.87. The van der Waals surface area contributed by atoms with Crippen molar-refractivity contribution in [3.63, 3.8) is 0 Å². The van der Waals surface area contributed by atoms with Crippen LogP contribution in [0.5, 0.6) is 5.75 Å². The fourth-order valence-electron chi connectivity index (χ4n) is 2.33. The van der Waals surface area contributed by atoms with Crippen molar-refractivity contribution in [2.45, 2.75) is 65.6 Å². The van der Waals surface area contributed by atoms with Gasteiger partial charge in [-0.25, -0.2) is 0 Å². The van der Waals surface area contributed by atoms with E-state index in [2.05, 4.69) is 5.32 Å². The maximum absolute atomic E-state index is 12.5. The minimum atomic E-state index is -0.500. The molecule has 0 saturated carbocycles. The first-order valence-electron chi connectivity index (χ1n) is 8.65. The van der Waals surface area contributed by atoms with Crippen LogP contribution in [0.1, 0.15) is 52.5 Å². The van der Waals surface area contributed by atoms with Crippen molar-refractivity contribution in [3.8, 4) is 5.75 Å². The van der Waals surface area contributed by atoms with E-state index in [9.17, 15) is 9.59 Å². The number of ether oxygens (including phenoxy) is 1. The van der Waals surface area contributed by atoms with E-state index < -0.39 is 6.04 Å². The smallest absolute Gasteiger partial charge is 0.242 e. The highest BCUT2D eigenvalue weighted by Gasteiger charge is 2.26. The van der Waals surface area contributed by atoms with Crippen molar-refractivity contribution in [3.05, 3.63) is 29.8 Å². The average Bonchev–Trinajstić information content (AvgIpc) is 2.59. The maximum Gasteiger partial charge on any atom is 0.242 e. The molecule has 0 radical (unpaired) electrons. The average molecular weight is 334 g/mol. The molecule has 0 heterocycles. The Bertz CT molecular complexity index is 528. The molecule has 0 aliphatic carbocycles. The predicted molar refractivity (Wildman–Crippen MR) is 95.8 cm³/mol. The highest BCUT2D eigenvalue weighted by Crippen LogP contribution is 2.16. The van der Waals surface area contributed by atoms with Gasteiger partial charge in [0.25, 0.3) is 0 Å². The fourth-order valence-corrected chi connectivity index (χ4v) is 2.33. The van der Waals surface area contributed by atoms with E-state index in [1.54, 1.807) is 18.9 Å². The second kappa shape index (κ2) is 9.96. The van der Waals surface area contributed by atoms with Crippen molar-refractivity contribution in [2.75, 3.05) is 7.11 Å². The van der Waals surface area contributed by atoms with Crippen LogP contribution in [-0.2, 0) is 16.1 Å². The van der Waals surface area contributed by atoms with Crippen LogP contribution in [0.4, 0.5) is 0 Å². The molecule has 0 saturated heterocycles. The molecule has 0 fully saturated rings. The molecule has 1 rings (SSSR count). The van der Waals surface area contributed by atoms with Crippen molar-refractivity contribution >= 4 is 11.8 Å². The summed E-state index contributed by atoms with van der Waals surface area (Å²) in [5, 5.41) is 2.96. The molecule has 0 bridgehead atoms. The Kier molecular flexibility index (Phi) is 8.30. The van der Waals surface area contributed by atoms with Crippen LogP contribution in [0.15, 0.2) is 24.3 Å². The normalized spacial score (nSPS) is 13.0. The largest absolute Gasteiger partial charge is 0.497 e. The summed E-state index contributed by atoms with van der Waals surface area (Å²) in [7, 11) is 1.62. The zero-order chi connectivity index (χ0) is 18.1. The number of carbonyl (C=O) groups excluding carboxylic acids is 2. The van der Waals surface area contributed by atoms with Crippen LogP contribution in [0.3, 0.4) is 0 Å². The molecule has 1 N–H and O–H groups in total. The van der Waals surface area contributed by atoms with Gasteiger partial charge >= 0.3 is 0 Å². The van der Waals surface area contributed by atoms with Crippen molar-refractivity contribution in [1.82, 2.24) is 10.2 Å². The number of rotatable bonds is 9. The first-order chi connectivity index (χ1) is 11.4. The summed E-state index contributed by atoms with van der Waals surface area (Å²) in [6, 6.07) is 7.17. The zero-order valence-electron chi connectivity index (χ0n) is 15.5. The Balaban J connectivity index is 2.89. The summed E-state index contributed by atoms with van der Waals surface area (Å²) in [5.74, 6) is 0.662. The predicted octanol–water partition coefficient (Wildman–Crippen LogP) is 3.13. The Morgan fingerprint density at radius 1 is 1.17 bits per heavy atom. The molecular weight excluding hydrogens is 304 g/mol. The molecular formula is C19H30N2O3. The van der Waals surface area contributed by atoms with Gasteiger partial charge in [0, 0.05) is 19.0 Å². The van der Waals surface area contributed by atoms with E-state index in [1.807, 2.05) is 45.0 Å². The summed E-state index contributed by atoms with van der Waals surface area (Å²) < 4.78 is 5.16. The lowest BCUT2D eigenvalue weighted by Gasteiger charge is -2.29. The molecule has 5 nitrogen and oxygen atoms in total. The topological polar surface area (TPSA) is 58.6 Å². The van der Waals surface area contributed by atoms with Crippen LogP contribution in [0, 0.1) is 0 Å². The van der Waals surface area contributed by atoms with Gasteiger partial charge in [-0.3, -0.25) is 9.59 Å². The number of carbonyl (C=O) groups is 2.